The van der Waals surface area contributed by atoms with Gasteiger partial charge in [0.05, 0.1) is 40.0 Å². The number of amides is 1. The number of nitrogens with zero attached hydrogens (tertiary/aromatic N) is 4. The molecular weight excluding hydrogens is 544 g/mol. The number of rotatable bonds is 5. The van der Waals surface area contributed by atoms with Crippen LogP contribution in [0.15, 0.2) is 54.9 Å². The van der Waals surface area contributed by atoms with E-state index >= 15 is 0 Å². The molecule has 2 fully saturated rings. The molecule has 0 radical (unpaired) electrons. The Morgan fingerprint density at radius 3 is 2.36 bits per heavy atom. The molecule has 0 bridgehead atoms. The third kappa shape index (κ3) is 5.33. The number of likely N-dealkylation sites (tertiary alicyclic amines) is 1. The maximum Gasteiger partial charge on any atom is 0.410 e. The summed E-state index contributed by atoms with van der Waals surface area (Å²) >= 11 is 1.64. The molecular formula is C33H36N6O2S. The number of thiazole rings is 1. The summed E-state index contributed by atoms with van der Waals surface area (Å²) < 4.78 is 6.75. The summed E-state index contributed by atoms with van der Waals surface area (Å²) in [5.74, 6) is 2.49. The molecule has 0 spiro atoms. The number of nitrogens with one attached hydrogen (secondary N) is 2. The number of aromatic nitrogens is 5. The summed E-state index contributed by atoms with van der Waals surface area (Å²) in [5, 5.41) is 0.885. The van der Waals surface area contributed by atoms with Crippen molar-refractivity contribution in [3.63, 3.8) is 0 Å². The number of hydrogen-bond donors (Lipinski definition) is 2. The molecule has 8 nitrogen and oxygen atoms in total. The van der Waals surface area contributed by atoms with Crippen LogP contribution in [-0.2, 0) is 4.74 Å². The predicted octanol–water partition coefficient (Wildman–Crippen LogP) is 8.47. The van der Waals surface area contributed by atoms with E-state index in [-0.39, 0.29) is 12.1 Å². The molecule has 0 unspecified atom stereocenters. The highest BCUT2D eigenvalue weighted by molar-refractivity contribution is 7.21. The molecule has 9 heteroatoms. The summed E-state index contributed by atoms with van der Waals surface area (Å²) in [6.07, 6.45) is 10.4. The molecule has 7 rings (SSSR count). The van der Waals surface area contributed by atoms with Crippen molar-refractivity contribution in [1.82, 2.24) is 29.8 Å². The maximum absolute atomic E-state index is 12.8. The van der Waals surface area contributed by atoms with Gasteiger partial charge in [-0.1, -0.05) is 43.2 Å². The van der Waals surface area contributed by atoms with E-state index in [1.807, 2.05) is 33.2 Å². The second-order valence-electron chi connectivity index (χ2n) is 12.5. The lowest BCUT2D eigenvalue weighted by atomic mass is 10.0. The van der Waals surface area contributed by atoms with Crippen LogP contribution in [-0.4, -0.2) is 48.1 Å². The van der Waals surface area contributed by atoms with Gasteiger partial charge in [0, 0.05) is 12.5 Å². The highest BCUT2D eigenvalue weighted by Gasteiger charge is 2.35. The number of fused-ring (bicyclic) bond motifs is 1. The summed E-state index contributed by atoms with van der Waals surface area (Å²) in [4.78, 5) is 35.8. The first-order chi connectivity index (χ1) is 20.3. The normalized spacial score (nSPS) is 17.9. The Bertz CT molecular complexity index is 1720. The monoisotopic (exact) mass is 580 g/mol. The Hall–Kier alpha value is -3.98. The molecule has 1 saturated heterocycles. The van der Waals surface area contributed by atoms with Crippen molar-refractivity contribution in [3.05, 3.63) is 66.5 Å². The van der Waals surface area contributed by atoms with E-state index in [1.54, 1.807) is 16.2 Å². The zero-order valence-electron chi connectivity index (χ0n) is 24.3. The fraction of sp³-hybridized carbons (Fsp3) is 0.394. The smallest absolute Gasteiger partial charge is 0.410 e. The van der Waals surface area contributed by atoms with Crippen molar-refractivity contribution in [2.75, 3.05) is 6.54 Å². The van der Waals surface area contributed by atoms with Crippen LogP contribution in [0.3, 0.4) is 0 Å². The number of imidazole rings is 2. The van der Waals surface area contributed by atoms with Crippen LogP contribution in [0.1, 0.15) is 82.9 Å². The minimum atomic E-state index is -0.529. The first-order valence-corrected chi connectivity index (χ1v) is 15.7. The number of ether oxygens (including phenoxy) is 1. The lowest BCUT2D eigenvalue weighted by Gasteiger charge is -2.27. The molecule has 42 heavy (non-hydrogen) atoms. The molecule has 2 aliphatic rings. The van der Waals surface area contributed by atoms with Crippen LogP contribution in [0, 0.1) is 0 Å². The van der Waals surface area contributed by atoms with E-state index in [0.29, 0.717) is 12.5 Å². The summed E-state index contributed by atoms with van der Waals surface area (Å²) in [6.45, 7) is 6.34. The molecule has 1 aliphatic heterocycles. The molecule has 4 heterocycles. The second-order valence-corrected chi connectivity index (χ2v) is 13.5. The number of hydrogen-bond acceptors (Lipinski definition) is 6. The van der Waals surface area contributed by atoms with Gasteiger partial charge in [-0.05, 0) is 75.3 Å². The average Bonchev–Trinajstić information content (AvgIpc) is 3.79. The standard InChI is InChI=1S/C33H36N6O2S/c1-33(2,3)41-32(40)39-16-6-9-27(39)30-35-19-26(37-30)31-38-24-15-14-23(17-28(24)42-31)20-10-12-21(13-11-20)25-18-34-29(36-25)22-7-4-5-8-22/h10-15,17-19,22,27H,4-9,16H2,1-3H3,(H,34,36)(H,35,37)/t27-/m0/s1. The fourth-order valence-electron chi connectivity index (χ4n) is 6.16. The Morgan fingerprint density at radius 2 is 1.57 bits per heavy atom. The molecule has 1 atom stereocenters. The zero-order valence-corrected chi connectivity index (χ0v) is 25.1. The molecule has 3 aromatic heterocycles. The Labute approximate surface area is 249 Å². The number of H-pyrrole nitrogens is 2. The molecule has 2 aromatic carbocycles. The van der Waals surface area contributed by atoms with Gasteiger partial charge in [0.15, 0.2) is 0 Å². The van der Waals surface area contributed by atoms with Crippen LogP contribution in [0.2, 0.25) is 0 Å². The van der Waals surface area contributed by atoms with Gasteiger partial charge in [0.2, 0.25) is 0 Å². The number of aromatic amines is 2. The maximum atomic E-state index is 12.8. The first-order valence-electron chi connectivity index (χ1n) is 14.9. The minimum Gasteiger partial charge on any atom is -0.444 e. The van der Waals surface area contributed by atoms with E-state index in [4.69, 9.17) is 9.72 Å². The van der Waals surface area contributed by atoms with Crippen LogP contribution < -0.4 is 0 Å². The number of carbonyl (C=O) groups is 1. The quantitative estimate of drug-likeness (QED) is 0.217. The topological polar surface area (TPSA) is 99.8 Å². The lowest BCUT2D eigenvalue weighted by molar-refractivity contribution is 0.0218. The van der Waals surface area contributed by atoms with E-state index in [2.05, 4.69) is 62.4 Å². The predicted molar refractivity (Wildman–Crippen MR) is 166 cm³/mol. The SMILES string of the molecule is CC(C)(C)OC(=O)N1CCC[C@H]1c1ncc(-c2nc3ccc(-c4ccc(-c5cnc(C6CCCC6)[nH]5)cc4)cc3s2)[nH]1. The van der Waals surface area contributed by atoms with Gasteiger partial charge in [-0.15, -0.1) is 11.3 Å². The first kappa shape index (κ1) is 26.9. The van der Waals surface area contributed by atoms with Gasteiger partial charge in [-0.25, -0.2) is 19.7 Å². The molecule has 1 saturated carbocycles. The fourth-order valence-corrected chi connectivity index (χ4v) is 7.13. The summed E-state index contributed by atoms with van der Waals surface area (Å²) in [5.41, 5.74) is 5.85. The van der Waals surface area contributed by atoms with Crippen molar-refractivity contribution in [3.8, 4) is 33.1 Å². The summed E-state index contributed by atoms with van der Waals surface area (Å²) in [6, 6.07) is 15.0. The van der Waals surface area contributed by atoms with Crippen molar-refractivity contribution in [2.45, 2.75) is 76.9 Å². The van der Waals surface area contributed by atoms with Gasteiger partial charge in [-0.3, -0.25) is 4.90 Å². The Morgan fingerprint density at radius 1 is 0.881 bits per heavy atom. The highest BCUT2D eigenvalue weighted by Crippen LogP contribution is 2.37. The number of benzene rings is 2. The van der Waals surface area contributed by atoms with Gasteiger partial charge in [0.1, 0.15) is 22.3 Å². The minimum absolute atomic E-state index is 0.117. The van der Waals surface area contributed by atoms with Crippen molar-refractivity contribution in [1.29, 1.82) is 0 Å². The second kappa shape index (κ2) is 10.7. The van der Waals surface area contributed by atoms with Crippen LogP contribution in [0.4, 0.5) is 4.79 Å². The van der Waals surface area contributed by atoms with Crippen molar-refractivity contribution < 1.29 is 9.53 Å². The van der Waals surface area contributed by atoms with Gasteiger partial charge >= 0.3 is 6.09 Å². The van der Waals surface area contributed by atoms with Gasteiger partial charge < -0.3 is 14.7 Å². The van der Waals surface area contributed by atoms with Crippen molar-refractivity contribution >= 4 is 27.6 Å². The van der Waals surface area contributed by atoms with Gasteiger partial charge in [-0.2, -0.15) is 0 Å². The molecule has 1 amide bonds. The van der Waals surface area contributed by atoms with Crippen LogP contribution in [0.25, 0.3) is 43.3 Å². The van der Waals surface area contributed by atoms with Gasteiger partial charge in [0.25, 0.3) is 0 Å². The third-order valence-corrected chi connectivity index (χ3v) is 9.33. The molecule has 1 aliphatic carbocycles. The van der Waals surface area contributed by atoms with Crippen LogP contribution >= 0.6 is 11.3 Å². The van der Waals surface area contributed by atoms with E-state index < -0.39 is 5.60 Å². The van der Waals surface area contributed by atoms with Crippen molar-refractivity contribution in [2.24, 2.45) is 0 Å². The summed E-state index contributed by atoms with van der Waals surface area (Å²) in [7, 11) is 0. The zero-order chi connectivity index (χ0) is 28.8. The van der Waals surface area contributed by atoms with E-state index in [9.17, 15) is 4.79 Å². The molecule has 2 N–H and O–H groups in total. The van der Waals surface area contributed by atoms with Crippen LogP contribution in [0.5, 0.6) is 0 Å². The third-order valence-electron chi connectivity index (χ3n) is 8.28. The highest BCUT2D eigenvalue weighted by atomic mass is 32.1. The van der Waals surface area contributed by atoms with E-state index in [0.717, 1.165) is 62.2 Å². The number of carbonyl (C=O) groups excluding carboxylic acids is 1. The molecule has 5 aromatic rings. The lowest BCUT2D eigenvalue weighted by Crippen LogP contribution is -2.36. The average molecular weight is 581 g/mol. The molecule has 216 valence electrons. The largest absolute Gasteiger partial charge is 0.444 e. The Balaban J connectivity index is 1.08. The van der Waals surface area contributed by atoms with E-state index in [1.165, 1.54) is 31.2 Å². The Kier molecular flexibility index (Phi) is 6.85.